The molecule has 0 aliphatic heterocycles. The molecular formula is C5H10FS. The molecule has 2 heteroatoms. The standard InChI is InChI=1S/C5H10FS/c6-4-2-1-3-5-7/h1-5H2. The highest BCUT2D eigenvalue weighted by molar-refractivity contribution is 7.80. The summed E-state index contributed by atoms with van der Waals surface area (Å²) in [5.41, 5.74) is 0. The molecule has 0 saturated carbocycles. The van der Waals surface area contributed by atoms with Crippen LogP contribution in [0.4, 0.5) is 4.39 Å². The molecule has 0 aromatic heterocycles. The van der Waals surface area contributed by atoms with E-state index in [9.17, 15) is 4.39 Å². The fourth-order valence-electron chi connectivity index (χ4n) is 0.373. The third kappa shape index (κ3) is 6.28. The molecule has 0 spiro atoms. The topological polar surface area (TPSA) is 0 Å². The lowest BCUT2D eigenvalue weighted by Gasteiger charge is -1.88. The molecule has 0 unspecified atom stereocenters. The van der Waals surface area contributed by atoms with Gasteiger partial charge in [-0.05, 0) is 12.8 Å². The lowest BCUT2D eigenvalue weighted by Crippen LogP contribution is -1.78. The molecular weight excluding hydrogens is 111 g/mol. The highest BCUT2D eigenvalue weighted by atomic mass is 32.1. The van der Waals surface area contributed by atoms with Crippen LogP contribution in [0.3, 0.4) is 0 Å². The highest BCUT2D eigenvalue weighted by Crippen LogP contribution is 1.95. The van der Waals surface area contributed by atoms with E-state index in [0.29, 0.717) is 6.42 Å². The van der Waals surface area contributed by atoms with Gasteiger partial charge in [0.2, 0.25) is 0 Å². The van der Waals surface area contributed by atoms with Crippen LogP contribution in [0.15, 0.2) is 0 Å². The molecule has 0 N–H and O–H groups in total. The minimum Gasteiger partial charge on any atom is -0.251 e. The molecule has 0 rings (SSSR count). The maximum Gasteiger partial charge on any atom is 0.0894 e. The second kappa shape index (κ2) is 6.28. The molecule has 0 heterocycles. The van der Waals surface area contributed by atoms with E-state index in [-0.39, 0.29) is 6.67 Å². The first-order chi connectivity index (χ1) is 3.41. The summed E-state index contributed by atoms with van der Waals surface area (Å²) in [6.45, 7) is -0.185. The summed E-state index contributed by atoms with van der Waals surface area (Å²) in [5, 5.41) is 0. The van der Waals surface area contributed by atoms with Gasteiger partial charge in [-0.3, -0.25) is 4.39 Å². The van der Waals surface area contributed by atoms with Crippen LogP contribution in [-0.4, -0.2) is 12.4 Å². The van der Waals surface area contributed by atoms with Crippen LogP contribution in [0.25, 0.3) is 0 Å². The van der Waals surface area contributed by atoms with Crippen LogP contribution < -0.4 is 0 Å². The SMILES string of the molecule is FCCCCC[S]. The van der Waals surface area contributed by atoms with Crippen molar-refractivity contribution in [2.75, 3.05) is 12.4 Å². The van der Waals surface area contributed by atoms with Gasteiger partial charge in [0.1, 0.15) is 0 Å². The quantitative estimate of drug-likeness (QED) is 0.501. The zero-order chi connectivity index (χ0) is 5.54. The molecule has 7 heavy (non-hydrogen) atoms. The Bertz CT molecular complexity index is 27.3. The predicted octanol–water partition coefficient (Wildman–Crippen LogP) is 2.32. The first-order valence-electron chi connectivity index (χ1n) is 2.56. The number of hydrogen-bond acceptors (Lipinski definition) is 0. The van der Waals surface area contributed by atoms with Crippen LogP contribution in [0.2, 0.25) is 0 Å². The highest BCUT2D eigenvalue weighted by Gasteiger charge is 1.82. The molecule has 0 fully saturated rings. The van der Waals surface area contributed by atoms with E-state index in [2.05, 4.69) is 12.6 Å². The molecule has 0 aromatic rings. The van der Waals surface area contributed by atoms with Crippen LogP contribution in [-0.2, 0) is 0 Å². The molecule has 0 amide bonds. The van der Waals surface area contributed by atoms with E-state index < -0.39 is 0 Å². The normalized spacial score (nSPS) is 9.43. The van der Waals surface area contributed by atoms with Crippen LogP contribution in [0, 0.1) is 0 Å². The fraction of sp³-hybridized carbons (Fsp3) is 1.00. The summed E-state index contributed by atoms with van der Waals surface area (Å²) in [5.74, 6) is 0.778. The summed E-state index contributed by atoms with van der Waals surface area (Å²) in [7, 11) is 0. The van der Waals surface area contributed by atoms with Crippen LogP contribution in [0.5, 0.6) is 0 Å². The molecule has 0 nitrogen and oxygen atoms in total. The number of alkyl halides is 1. The van der Waals surface area contributed by atoms with E-state index >= 15 is 0 Å². The van der Waals surface area contributed by atoms with E-state index in [4.69, 9.17) is 0 Å². The van der Waals surface area contributed by atoms with Crippen molar-refractivity contribution in [2.24, 2.45) is 0 Å². The van der Waals surface area contributed by atoms with Crippen molar-refractivity contribution in [1.82, 2.24) is 0 Å². The van der Waals surface area contributed by atoms with Crippen molar-refractivity contribution < 1.29 is 4.39 Å². The van der Waals surface area contributed by atoms with E-state index in [1.54, 1.807) is 0 Å². The Morgan fingerprint density at radius 1 is 1.14 bits per heavy atom. The Balaban J connectivity index is 2.45. The first kappa shape index (κ1) is 7.28. The van der Waals surface area contributed by atoms with Gasteiger partial charge in [0.05, 0.1) is 6.67 Å². The number of hydrogen-bond donors (Lipinski definition) is 0. The maximum absolute atomic E-state index is 11.3. The Morgan fingerprint density at radius 3 is 2.29 bits per heavy atom. The van der Waals surface area contributed by atoms with Crippen LogP contribution >= 0.6 is 12.6 Å². The molecule has 0 aromatic carbocycles. The first-order valence-corrected chi connectivity index (χ1v) is 3.13. The van der Waals surface area contributed by atoms with E-state index in [0.717, 1.165) is 18.6 Å². The summed E-state index contributed by atoms with van der Waals surface area (Å²) in [6.07, 6.45) is 2.65. The molecule has 0 atom stereocenters. The smallest absolute Gasteiger partial charge is 0.0894 e. The third-order valence-corrected chi connectivity index (χ3v) is 1.07. The molecule has 0 bridgehead atoms. The zero-order valence-electron chi connectivity index (χ0n) is 4.32. The van der Waals surface area contributed by atoms with E-state index in [1.165, 1.54) is 0 Å². The Kier molecular flexibility index (Phi) is 6.53. The second-order valence-electron chi connectivity index (χ2n) is 1.45. The van der Waals surface area contributed by atoms with Crippen molar-refractivity contribution in [3.05, 3.63) is 0 Å². The van der Waals surface area contributed by atoms with Gasteiger partial charge in [-0.15, -0.1) is 0 Å². The van der Waals surface area contributed by atoms with Crippen molar-refractivity contribution in [3.8, 4) is 0 Å². The van der Waals surface area contributed by atoms with Crippen LogP contribution in [0.1, 0.15) is 19.3 Å². The lowest BCUT2D eigenvalue weighted by molar-refractivity contribution is 0.461. The second-order valence-corrected chi connectivity index (χ2v) is 1.86. The molecule has 0 saturated heterocycles. The maximum atomic E-state index is 11.3. The largest absolute Gasteiger partial charge is 0.251 e. The van der Waals surface area contributed by atoms with Gasteiger partial charge in [-0.2, -0.15) is 0 Å². The summed E-state index contributed by atoms with van der Waals surface area (Å²) in [6, 6.07) is 0. The Hall–Kier alpha value is 0.280. The molecule has 43 valence electrons. The van der Waals surface area contributed by atoms with Gasteiger partial charge in [-0.25, -0.2) is 0 Å². The average Bonchev–Trinajstić information content (AvgIpc) is 1.69. The van der Waals surface area contributed by atoms with Gasteiger partial charge in [-0.1, -0.05) is 19.0 Å². The lowest BCUT2D eigenvalue weighted by atomic mass is 10.3. The molecule has 0 aliphatic rings. The summed E-state index contributed by atoms with van der Waals surface area (Å²) in [4.78, 5) is 0. The predicted molar refractivity (Wildman–Crippen MR) is 32.3 cm³/mol. The van der Waals surface area contributed by atoms with Gasteiger partial charge >= 0.3 is 0 Å². The monoisotopic (exact) mass is 121 g/mol. The van der Waals surface area contributed by atoms with Gasteiger partial charge in [0.15, 0.2) is 0 Å². The molecule has 0 aliphatic carbocycles. The number of unbranched alkanes of at least 4 members (excludes halogenated alkanes) is 2. The van der Waals surface area contributed by atoms with Gasteiger partial charge < -0.3 is 0 Å². The number of rotatable bonds is 4. The minimum absolute atomic E-state index is 0.185. The van der Waals surface area contributed by atoms with Gasteiger partial charge in [0, 0.05) is 5.75 Å². The van der Waals surface area contributed by atoms with E-state index in [1.807, 2.05) is 0 Å². The third-order valence-electron chi connectivity index (χ3n) is 0.778. The zero-order valence-corrected chi connectivity index (χ0v) is 5.14. The average molecular weight is 121 g/mol. The van der Waals surface area contributed by atoms with Crippen molar-refractivity contribution >= 4 is 12.6 Å². The fourth-order valence-corrected chi connectivity index (χ4v) is 0.577. The Labute approximate surface area is 49.5 Å². The minimum atomic E-state index is -0.185. The molecule has 1 radical (unpaired) electrons. The summed E-state index contributed by atoms with van der Waals surface area (Å²) < 4.78 is 11.3. The van der Waals surface area contributed by atoms with Crippen molar-refractivity contribution in [3.63, 3.8) is 0 Å². The van der Waals surface area contributed by atoms with Gasteiger partial charge in [0.25, 0.3) is 0 Å². The number of halogens is 1. The van der Waals surface area contributed by atoms with Crippen molar-refractivity contribution in [2.45, 2.75) is 19.3 Å². The Morgan fingerprint density at radius 2 is 1.86 bits per heavy atom. The summed E-state index contributed by atoms with van der Waals surface area (Å²) >= 11 is 4.64. The van der Waals surface area contributed by atoms with Crippen molar-refractivity contribution in [1.29, 1.82) is 0 Å².